The van der Waals surface area contributed by atoms with Crippen LogP contribution in [-0.4, -0.2) is 60.3 Å². The average Bonchev–Trinajstić information content (AvgIpc) is 3.40. The quantitative estimate of drug-likeness (QED) is 0.599. The summed E-state index contributed by atoms with van der Waals surface area (Å²) in [5, 5.41) is 14.7. The number of rotatable bonds is 8. The van der Waals surface area contributed by atoms with Gasteiger partial charge in [-0.05, 0) is 49.8 Å². The molecule has 1 aromatic carbocycles. The number of carbonyl (C=O) groups excluding carboxylic acids is 2. The van der Waals surface area contributed by atoms with Crippen LogP contribution in [0.4, 0.5) is 10.5 Å². The van der Waals surface area contributed by atoms with Gasteiger partial charge in [0, 0.05) is 24.3 Å². The lowest BCUT2D eigenvalue weighted by atomic mass is 9.85. The number of anilines is 1. The first-order chi connectivity index (χ1) is 12.9. The third-order valence-corrected chi connectivity index (χ3v) is 5.03. The van der Waals surface area contributed by atoms with Crippen LogP contribution < -0.4 is 10.6 Å². The number of urea groups is 1. The Balaban J connectivity index is 1.45. The SMILES string of the molecule is COC(=O)c1cccc(NC(=O)NC2CC(N(CC(=O)O)CC3CC3)C2)c1. The lowest BCUT2D eigenvalue weighted by Crippen LogP contribution is -2.55. The first-order valence-corrected chi connectivity index (χ1v) is 9.16. The topological polar surface area (TPSA) is 108 Å². The van der Waals surface area contributed by atoms with Crippen LogP contribution in [0.25, 0.3) is 0 Å². The van der Waals surface area contributed by atoms with Gasteiger partial charge in [0.25, 0.3) is 0 Å². The molecule has 27 heavy (non-hydrogen) atoms. The summed E-state index contributed by atoms with van der Waals surface area (Å²) in [5.41, 5.74) is 0.871. The maximum atomic E-state index is 12.2. The predicted molar refractivity (Wildman–Crippen MR) is 98.7 cm³/mol. The van der Waals surface area contributed by atoms with Crippen molar-refractivity contribution in [2.45, 2.75) is 37.8 Å². The monoisotopic (exact) mass is 375 g/mol. The smallest absolute Gasteiger partial charge is 0.337 e. The number of hydrogen-bond acceptors (Lipinski definition) is 5. The highest BCUT2D eigenvalue weighted by molar-refractivity contribution is 5.94. The first-order valence-electron chi connectivity index (χ1n) is 9.16. The zero-order valence-electron chi connectivity index (χ0n) is 15.3. The molecule has 2 amide bonds. The second kappa shape index (κ2) is 8.39. The molecular weight excluding hydrogens is 350 g/mol. The van der Waals surface area contributed by atoms with Gasteiger partial charge in [0.05, 0.1) is 19.2 Å². The molecule has 2 fully saturated rings. The molecule has 0 aromatic heterocycles. The van der Waals surface area contributed by atoms with Gasteiger partial charge in [-0.25, -0.2) is 9.59 Å². The lowest BCUT2D eigenvalue weighted by molar-refractivity contribution is -0.139. The van der Waals surface area contributed by atoms with E-state index in [0.717, 1.165) is 19.4 Å². The van der Waals surface area contributed by atoms with Gasteiger partial charge in [-0.15, -0.1) is 0 Å². The molecule has 0 spiro atoms. The molecule has 2 aliphatic rings. The van der Waals surface area contributed by atoms with Gasteiger partial charge in [0.1, 0.15) is 0 Å². The van der Waals surface area contributed by atoms with E-state index in [4.69, 9.17) is 5.11 Å². The van der Waals surface area contributed by atoms with Crippen LogP contribution in [0, 0.1) is 5.92 Å². The fourth-order valence-electron chi connectivity index (χ4n) is 3.35. The maximum absolute atomic E-state index is 12.2. The van der Waals surface area contributed by atoms with E-state index in [1.165, 1.54) is 20.0 Å². The van der Waals surface area contributed by atoms with E-state index in [2.05, 4.69) is 15.4 Å². The minimum absolute atomic E-state index is 0.0225. The van der Waals surface area contributed by atoms with Gasteiger partial charge in [-0.3, -0.25) is 9.69 Å². The Morgan fingerprint density at radius 3 is 2.63 bits per heavy atom. The Morgan fingerprint density at radius 2 is 2.00 bits per heavy atom. The highest BCUT2D eigenvalue weighted by atomic mass is 16.5. The van der Waals surface area contributed by atoms with Gasteiger partial charge in [0.2, 0.25) is 0 Å². The molecule has 8 heteroatoms. The molecule has 0 aliphatic heterocycles. The highest BCUT2D eigenvalue weighted by Gasteiger charge is 2.37. The van der Waals surface area contributed by atoms with E-state index >= 15 is 0 Å². The highest BCUT2D eigenvalue weighted by Crippen LogP contribution is 2.33. The number of carboxylic acid groups (broad SMARTS) is 1. The maximum Gasteiger partial charge on any atom is 0.337 e. The van der Waals surface area contributed by atoms with E-state index in [0.29, 0.717) is 17.2 Å². The Kier molecular flexibility index (Phi) is 5.95. The number of aliphatic carboxylic acids is 1. The van der Waals surface area contributed by atoms with Crippen LogP contribution in [0.15, 0.2) is 24.3 Å². The molecule has 0 heterocycles. The predicted octanol–water partition coefficient (Wildman–Crippen LogP) is 1.92. The molecule has 3 rings (SSSR count). The van der Waals surface area contributed by atoms with Crippen molar-refractivity contribution < 1.29 is 24.2 Å². The number of carbonyl (C=O) groups is 3. The van der Waals surface area contributed by atoms with Gasteiger partial charge in [-0.2, -0.15) is 0 Å². The standard InChI is InChI=1S/C19H25N3O5/c1-27-18(25)13-3-2-4-14(7-13)20-19(26)21-15-8-16(9-15)22(11-17(23)24)10-12-5-6-12/h2-4,7,12,15-16H,5-6,8-11H2,1H3,(H,23,24)(H2,20,21,26). The van der Waals surface area contributed by atoms with Gasteiger partial charge < -0.3 is 20.5 Å². The van der Waals surface area contributed by atoms with E-state index in [1.807, 2.05) is 4.90 Å². The van der Waals surface area contributed by atoms with Crippen LogP contribution in [0.1, 0.15) is 36.0 Å². The molecule has 0 saturated heterocycles. The molecule has 0 unspecified atom stereocenters. The van der Waals surface area contributed by atoms with Crippen LogP contribution in [-0.2, 0) is 9.53 Å². The van der Waals surface area contributed by atoms with Crippen molar-refractivity contribution in [1.29, 1.82) is 0 Å². The fourth-order valence-corrected chi connectivity index (χ4v) is 3.35. The van der Waals surface area contributed by atoms with Gasteiger partial charge in [-0.1, -0.05) is 6.07 Å². The summed E-state index contributed by atoms with van der Waals surface area (Å²) < 4.78 is 4.67. The number of methoxy groups -OCH3 is 1. The zero-order valence-corrected chi connectivity index (χ0v) is 15.3. The number of nitrogens with one attached hydrogen (secondary N) is 2. The van der Waals surface area contributed by atoms with E-state index in [-0.39, 0.29) is 24.7 Å². The summed E-state index contributed by atoms with van der Waals surface area (Å²) >= 11 is 0. The van der Waals surface area contributed by atoms with Crippen molar-refractivity contribution in [3.8, 4) is 0 Å². The first kappa shape index (κ1) is 19.2. The van der Waals surface area contributed by atoms with E-state index < -0.39 is 11.9 Å². The number of esters is 1. The summed E-state index contributed by atoms with van der Waals surface area (Å²) in [7, 11) is 1.30. The molecular formula is C19H25N3O5. The van der Waals surface area contributed by atoms with Crippen LogP contribution in [0.2, 0.25) is 0 Å². The molecule has 0 bridgehead atoms. The Morgan fingerprint density at radius 1 is 1.26 bits per heavy atom. The minimum atomic E-state index is -0.810. The normalized spacial score (nSPS) is 21.3. The van der Waals surface area contributed by atoms with Gasteiger partial charge in [0.15, 0.2) is 0 Å². The second-order valence-electron chi connectivity index (χ2n) is 7.26. The Labute approximate surface area is 157 Å². The summed E-state index contributed by atoms with van der Waals surface area (Å²) in [4.78, 5) is 36.8. The third-order valence-electron chi connectivity index (χ3n) is 5.03. The molecule has 2 aliphatic carbocycles. The largest absolute Gasteiger partial charge is 0.480 e. The number of benzene rings is 1. The van der Waals surface area contributed by atoms with Crippen LogP contribution in [0.3, 0.4) is 0 Å². The molecule has 1 aromatic rings. The third kappa shape index (κ3) is 5.43. The van der Waals surface area contributed by atoms with Crippen molar-refractivity contribution in [3.05, 3.63) is 29.8 Å². The molecule has 0 atom stereocenters. The summed E-state index contributed by atoms with van der Waals surface area (Å²) in [6.45, 7) is 0.886. The Bertz CT molecular complexity index is 713. The van der Waals surface area contributed by atoms with E-state index in [9.17, 15) is 14.4 Å². The number of amides is 2. The number of nitrogens with zero attached hydrogens (tertiary/aromatic N) is 1. The van der Waals surface area contributed by atoms with Crippen molar-refractivity contribution in [2.24, 2.45) is 5.92 Å². The Hall–Kier alpha value is -2.61. The van der Waals surface area contributed by atoms with Crippen molar-refractivity contribution in [1.82, 2.24) is 10.2 Å². The lowest BCUT2D eigenvalue weighted by Gasteiger charge is -2.42. The van der Waals surface area contributed by atoms with Crippen LogP contribution in [0.5, 0.6) is 0 Å². The minimum Gasteiger partial charge on any atom is -0.480 e. The number of ether oxygens (including phenoxy) is 1. The van der Waals surface area contributed by atoms with Crippen molar-refractivity contribution in [2.75, 3.05) is 25.5 Å². The number of hydrogen-bond donors (Lipinski definition) is 3. The fraction of sp³-hybridized carbons (Fsp3) is 0.526. The average molecular weight is 375 g/mol. The molecule has 8 nitrogen and oxygen atoms in total. The molecule has 2 saturated carbocycles. The number of carboxylic acids is 1. The summed E-state index contributed by atoms with van der Waals surface area (Å²) in [6.07, 6.45) is 3.85. The van der Waals surface area contributed by atoms with Gasteiger partial charge >= 0.3 is 18.0 Å². The molecule has 3 N–H and O–H groups in total. The summed E-state index contributed by atoms with van der Waals surface area (Å²) in [5.74, 6) is -0.646. The van der Waals surface area contributed by atoms with Crippen molar-refractivity contribution >= 4 is 23.7 Å². The van der Waals surface area contributed by atoms with E-state index in [1.54, 1.807) is 24.3 Å². The second-order valence-corrected chi connectivity index (χ2v) is 7.26. The molecule has 0 radical (unpaired) electrons. The van der Waals surface area contributed by atoms with Crippen molar-refractivity contribution in [3.63, 3.8) is 0 Å². The summed E-state index contributed by atoms with van der Waals surface area (Å²) in [6, 6.07) is 6.42. The van der Waals surface area contributed by atoms with Crippen LogP contribution >= 0.6 is 0 Å². The zero-order chi connectivity index (χ0) is 19.4. The molecule has 146 valence electrons.